The highest BCUT2D eigenvalue weighted by atomic mass is 32.1. The Morgan fingerprint density at radius 2 is 1.90 bits per heavy atom. The molecule has 0 spiro atoms. The predicted octanol–water partition coefficient (Wildman–Crippen LogP) is 4.06. The smallest absolute Gasteiger partial charge is 0.355 e. The van der Waals surface area contributed by atoms with E-state index in [0.29, 0.717) is 56.4 Å². The van der Waals surface area contributed by atoms with Gasteiger partial charge in [-0.3, -0.25) is 29.3 Å². The quantitative estimate of drug-likeness (QED) is 0.215. The number of hydrazine groups is 1. The minimum absolute atomic E-state index is 0.0104. The second-order valence-corrected chi connectivity index (χ2v) is 20.9. The SMILES string of the molecule is CCn1c(-c2cccnc2[C@H](C)OC)c2c3cc(ccc31)-c1csc(n1)C[C@H](NC(=O)[C@H](C(C)C)N(C)C(=O)N1CCN3C(=O)CN(C)C[C@@H]3C1)C(=O)N1CCC[C@@](O)(N1)C(=O)OCC(C)(C)C2. The fourth-order valence-electron chi connectivity index (χ4n) is 10.4. The zero-order valence-electron chi connectivity index (χ0n) is 40.7. The second kappa shape index (κ2) is 19.5. The molecule has 0 aliphatic carbocycles. The number of hydrogen-bond donors (Lipinski definition) is 3. The largest absolute Gasteiger partial charge is 0.462 e. The van der Waals surface area contributed by atoms with Crippen LogP contribution < -0.4 is 10.7 Å². The van der Waals surface area contributed by atoms with Crippen molar-refractivity contribution in [1.29, 1.82) is 0 Å². The van der Waals surface area contributed by atoms with Crippen molar-refractivity contribution in [2.75, 3.05) is 67.1 Å². The van der Waals surface area contributed by atoms with Crippen LogP contribution in [0.3, 0.4) is 0 Å². The third kappa shape index (κ3) is 9.59. The summed E-state index contributed by atoms with van der Waals surface area (Å²) in [7, 11) is 5.14. The zero-order chi connectivity index (χ0) is 48.8. The van der Waals surface area contributed by atoms with Crippen LogP contribution in [0.2, 0.25) is 0 Å². The summed E-state index contributed by atoms with van der Waals surface area (Å²) in [5.41, 5.74) is 6.25. The van der Waals surface area contributed by atoms with E-state index in [1.807, 2.05) is 69.0 Å². The number of ether oxygens (including phenoxy) is 2. The predicted molar refractivity (Wildman–Crippen MR) is 257 cm³/mol. The van der Waals surface area contributed by atoms with E-state index in [2.05, 4.69) is 40.4 Å². The van der Waals surface area contributed by atoms with Crippen LogP contribution in [0.4, 0.5) is 4.79 Å². The first-order valence-corrected chi connectivity index (χ1v) is 24.6. The van der Waals surface area contributed by atoms with Crippen LogP contribution in [0.1, 0.15) is 76.8 Å². The molecular formula is C49H66N10O8S. The lowest BCUT2D eigenvalue weighted by molar-refractivity contribution is -0.189. The number of cyclic esters (lactones) is 1. The van der Waals surface area contributed by atoms with Gasteiger partial charge in [-0.2, -0.15) is 5.43 Å². The number of nitrogens with one attached hydrogen (secondary N) is 2. The second-order valence-electron chi connectivity index (χ2n) is 20.0. The number of thiazole rings is 1. The van der Waals surface area contributed by atoms with Crippen molar-refractivity contribution in [3.05, 3.63) is 58.2 Å². The number of hydrogen-bond acceptors (Lipinski definition) is 13. The number of benzene rings is 1. The van der Waals surface area contributed by atoms with Crippen LogP contribution in [-0.4, -0.2) is 165 Å². The molecule has 6 bridgehead atoms. The molecule has 3 saturated heterocycles. The van der Waals surface area contributed by atoms with Gasteiger partial charge >= 0.3 is 12.0 Å². The number of aromatic nitrogens is 3. The molecule has 366 valence electrons. The highest BCUT2D eigenvalue weighted by Gasteiger charge is 2.46. The third-order valence-corrected chi connectivity index (χ3v) is 14.7. The maximum Gasteiger partial charge on any atom is 0.355 e. The van der Waals surface area contributed by atoms with Gasteiger partial charge < -0.3 is 39.2 Å². The van der Waals surface area contributed by atoms with Crippen LogP contribution in [0.15, 0.2) is 41.9 Å². The number of piperazine rings is 2. The lowest BCUT2D eigenvalue weighted by Gasteiger charge is -2.47. The molecule has 4 aliphatic rings. The molecule has 68 heavy (non-hydrogen) atoms. The normalized spacial score (nSPS) is 23.5. The Hall–Kier alpha value is -5.47. The number of nitrogens with zero attached hydrogens (tertiary/aromatic N) is 8. The number of amides is 5. The van der Waals surface area contributed by atoms with Gasteiger partial charge in [-0.1, -0.05) is 33.8 Å². The molecule has 0 radical (unpaired) electrons. The van der Waals surface area contributed by atoms with Crippen molar-refractivity contribution in [2.24, 2.45) is 11.3 Å². The summed E-state index contributed by atoms with van der Waals surface area (Å²) >= 11 is 1.36. The van der Waals surface area contributed by atoms with E-state index >= 15 is 0 Å². The first-order valence-electron chi connectivity index (χ1n) is 23.7. The van der Waals surface area contributed by atoms with E-state index in [1.165, 1.54) is 21.2 Å². The van der Waals surface area contributed by atoms with E-state index in [0.717, 1.165) is 39.0 Å². The number of methoxy groups -OCH3 is 1. The molecule has 4 aromatic rings. The number of carbonyl (C=O) groups is 5. The summed E-state index contributed by atoms with van der Waals surface area (Å²) < 4.78 is 14.1. The van der Waals surface area contributed by atoms with E-state index < -0.39 is 41.0 Å². The average molecular weight is 955 g/mol. The molecule has 3 N–H and O–H groups in total. The van der Waals surface area contributed by atoms with Gasteiger partial charge in [-0.05, 0) is 69.5 Å². The summed E-state index contributed by atoms with van der Waals surface area (Å²) in [6, 6.07) is 7.57. The zero-order valence-corrected chi connectivity index (χ0v) is 41.5. The Morgan fingerprint density at radius 3 is 2.63 bits per heavy atom. The molecule has 3 fully saturated rings. The molecule has 4 aliphatic heterocycles. The van der Waals surface area contributed by atoms with Crippen LogP contribution in [-0.2, 0) is 48.0 Å². The lowest BCUT2D eigenvalue weighted by atomic mass is 9.84. The van der Waals surface area contributed by atoms with E-state index in [9.17, 15) is 29.1 Å². The number of rotatable bonds is 8. The van der Waals surface area contributed by atoms with Gasteiger partial charge in [0.15, 0.2) is 0 Å². The summed E-state index contributed by atoms with van der Waals surface area (Å²) in [5.74, 6) is -2.37. The lowest BCUT2D eigenvalue weighted by Crippen LogP contribution is -2.68. The summed E-state index contributed by atoms with van der Waals surface area (Å²) in [6.07, 6.45) is 2.22. The Bertz CT molecular complexity index is 2580. The molecule has 0 unspecified atom stereocenters. The molecule has 19 heteroatoms. The molecule has 5 atom stereocenters. The number of pyridine rings is 1. The van der Waals surface area contributed by atoms with Crippen molar-refractivity contribution in [3.8, 4) is 22.5 Å². The Kier molecular flexibility index (Phi) is 14.0. The molecule has 1 aromatic carbocycles. The Labute approximate surface area is 401 Å². The minimum Gasteiger partial charge on any atom is -0.462 e. The molecule has 18 nitrogen and oxygen atoms in total. The van der Waals surface area contributed by atoms with Crippen LogP contribution >= 0.6 is 11.3 Å². The van der Waals surface area contributed by atoms with Crippen molar-refractivity contribution in [1.82, 2.24) is 49.9 Å². The molecular weight excluding hydrogens is 889 g/mol. The van der Waals surface area contributed by atoms with Gasteiger partial charge in [0.2, 0.25) is 17.5 Å². The van der Waals surface area contributed by atoms with Gasteiger partial charge in [-0.25, -0.2) is 14.6 Å². The number of aryl methyl sites for hydroxylation is 1. The van der Waals surface area contributed by atoms with Gasteiger partial charge in [0, 0.05) is 105 Å². The van der Waals surface area contributed by atoms with Gasteiger partial charge in [0.05, 0.1) is 47.4 Å². The highest BCUT2D eigenvalue weighted by Crippen LogP contribution is 2.42. The van der Waals surface area contributed by atoms with Crippen LogP contribution in [0.5, 0.6) is 0 Å². The van der Waals surface area contributed by atoms with E-state index in [4.69, 9.17) is 19.4 Å². The van der Waals surface area contributed by atoms with Crippen molar-refractivity contribution in [3.63, 3.8) is 0 Å². The average Bonchev–Trinajstić information content (AvgIpc) is 3.90. The van der Waals surface area contributed by atoms with E-state index in [-0.39, 0.29) is 62.4 Å². The van der Waals surface area contributed by atoms with Crippen molar-refractivity contribution < 1.29 is 38.6 Å². The minimum atomic E-state index is -2.23. The number of likely N-dealkylation sites (N-methyl/N-ethyl adjacent to an activating group) is 2. The fraction of sp³-hybridized carbons (Fsp3) is 0.571. The fourth-order valence-corrected chi connectivity index (χ4v) is 11.2. The maximum atomic E-state index is 14.7. The maximum absolute atomic E-state index is 14.7. The third-order valence-electron chi connectivity index (χ3n) is 13.9. The van der Waals surface area contributed by atoms with Crippen LogP contribution in [0.25, 0.3) is 33.4 Å². The number of aliphatic hydroxyl groups is 1. The number of carbonyl (C=O) groups excluding carboxylic acids is 5. The monoisotopic (exact) mass is 954 g/mol. The molecule has 5 amide bonds. The van der Waals surface area contributed by atoms with E-state index in [1.54, 1.807) is 25.3 Å². The summed E-state index contributed by atoms with van der Waals surface area (Å²) in [6.45, 7) is 14.6. The summed E-state index contributed by atoms with van der Waals surface area (Å²) in [4.78, 5) is 86.9. The van der Waals surface area contributed by atoms with Gasteiger partial charge in [0.1, 0.15) is 12.1 Å². The molecule has 8 rings (SSSR count). The number of urea groups is 1. The van der Waals surface area contributed by atoms with Crippen LogP contribution in [0, 0.1) is 11.3 Å². The number of fused-ring (bicyclic) bond motifs is 7. The standard InChI is InChI=1S/C49H66N10O8S/c1-10-57-38-15-14-31-21-34(38)35(43(57)33-13-11-17-50-41(33)30(4)66-9)23-48(5,6)28-67-46(63)49(65)16-12-18-59(53-49)45(62)36(22-39-51-37(31)27-68-39)52-44(61)42(29(2)3)55(8)47(64)56-19-20-58-32(25-56)24-54(7)26-40(58)60/h11,13-15,17,21,27,29-30,32,36,42,53,65H,10,12,16,18-20,22-26,28H2,1-9H3,(H,52,61)/t30-,32+,36-,42-,49-/m0/s1. The first kappa shape index (κ1) is 49.0. The van der Waals surface area contributed by atoms with Crippen molar-refractivity contribution >= 4 is 52.0 Å². The highest BCUT2D eigenvalue weighted by molar-refractivity contribution is 7.10. The molecule has 3 aromatic heterocycles. The van der Waals surface area contributed by atoms with Crippen molar-refractivity contribution in [2.45, 2.75) is 104 Å². The first-order chi connectivity index (χ1) is 32.3. The molecule has 0 saturated carbocycles. The topological polar surface area (TPSA) is 195 Å². The Morgan fingerprint density at radius 1 is 1.12 bits per heavy atom. The molecule has 7 heterocycles. The van der Waals surface area contributed by atoms with Gasteiger partial charge in [0.25, 0.3) is 5.91 Å². The van der Waals surface area contributed by atoms with Gasteiger partial charge in [-0.15, -0.1) is 11.3 Å². The summed E-state index contributed by atoms with van der Waals surface area (Å²) in [5, 5.41) is 19.6. The Balaban J connectivity index is 1.15. The number of esters is 1.